The van der Waals surface area contributed by atoms with Gasteiger partial charge in [0.05, 0.1) is 0 Å². The third-order valence-electron chi connectivity index (χ3n) is 3.47. The van der Waals surface area contributed by atoms with E-state index < -0.39 is 18.2 Å². The molecule has 0 unspecified atom stereocenters. The van der Waals surface area contributed by atoms with Gasteiger partial charge in [-0.3, -0.25) is 0 Å². The fraction of sp³-hybridized carbons (Fsp3) is 0.684. The zero-order valence-corrected chi connectivity index (χ0v) is 15.0. The van der Waals surface area contributed by atoms with Gasteiger partial charge in [0.25, 0.3) is 0 Å². The predicted molar refractivity (Wildman–Crippen MR) is 92.8 cm³/mol. The van der Waals surface area contributed by atoms with E-state index in [1.54, 1.807) is 13.8 Å². The molecule has 4 nitrogen and oxygen atoms in total. The maximum Gasteiger partial charge on any atom is 0.336 e. The number of esters is 2. The second kappa shape index (κ2) is 12.9. The van der Waals surface area contributed by atoms with E-state index in [1.807, 2.05) is 0 Å². The molecule has 0 aromatic heterocycles. The van der Waals surface area contributed by atoms with Crippen molar-refractivity contribution in [2.75, 3.05) is 0 Å². The molecule has 0 radical (unpaired) electrons. The maximum absolute atomic E-state index is 11.6. The normalized spacial score (nSPS) is 10.4. The SMILES string of the molecule is C=C(C)C(=O)OC(CCCCCCCCCC)OC(=O)C(=C)C. The van der Waals surface area contributed by atoms with Crippen LogP contribution in [-0.4, -0.2) is 18.2 Å². The minimum absolute atomic E-state index is 0.289. The summed E-state index contributed by atoms with van der Waals surface area (Å²) in [6, 6.07) is 0. The molecule has 0 aliphatic heterocycles. The number of hydrogen-bond acceptors (Lipinski definition) is 4. The van der Waals surface area contributed by atoms with Crippen molar-refractivity contribution in [3.63, 3.8) is 0 Å². The van der Waals surface area contributed by atoms with Crippen molar-refractivity contribution in [3.8, 4) is 0 Å². The lowest BCUT2D eigenvalue weighted by atomic mass is 10.1. The van der Waals surface area contributed by atoms with Crippen molar-refractivity contribution in [2.24, 2.45) is 0 Å². The molecule has 0 aliphatic carbocycles. The Morgan fingerprint density at radius 1 is 0.783 bits per heavy atom. The van der Waals surface area contributed by atoms with E-state index in [4.69, 9.17) is 9.47 Å². The number of ether oxygens (including phenoxy) is 2. The summed E-state index contributed by atoms with van der Waals surface area (Å²) in [5, 5.41) is 0. The van der Waals surface area contributed by atoms with E-state index in [0.717, 1.165) is 19.3 Å². The van der Waals surface area contributed by atoms with E-state index in [2.05, 4.69) is 20.1 Å². The quantitative estimate of drug-likeness (QED) is 0.205. The van der Waals surface area contributed by atoms with Gasteiger partial charge in [-0.1, -0.05) is 65.0 Å². The first-order valence-corrected chi connectivity index (χ1v) is 8.61. The molecule has 0 atom stereocenters. The minimum atomic E-state index is -0.858. The minimum Gasteiger partial charge on any atom is -0.422 e. The van der Waals surface area contributed by atoms with Crippen molar-refractivity contribution >= 4 is 11.9 Å². The van der Waals surface area contributed by atoms with Crippen LogP contribution in [0.3, 0.4) is 0 Å². The van der Waals surface area contributed by atoms with Gasteiger partial charge in [0.1, 0.15) is 0 Å². The van der Waals surface area contributed by atoms with Crippen molar-refractivity contribution in [2.45, 2.75) is 84.8 Å². The number of rotatable bonds is 13. The Labute approximate surface area is 140 Å². The maximum atomic E-state index is 11.6. The second-order valence-electron chi connectivity index (χ2n) is 6.06. The summed E-state index contributed by atoms with van der Waals surface area (Å²) in [7, 11) is 0. The van der Waals surface area contributed by atoms with Gasteiger partial charge in [-0.25, -0.2) is 9.59 Å². The Hall–Kier alpha value is -1.58. The molecule has 0 aromatic carbocycles. The number of hydrogen-bond donors (Lipinski definition) is 0. The van der Waals surface area contributed by atoms with E-state index in [-0.39, 0.29) is 11.1 Å². The Balaban J connectivity index is 4.10. The lowest BCUT2D eigenvalue weighted by Gasteiger charge is -2.18. The van der Waals surface area contributed by atoms with E-state index >= 15 is 0 Å². The van der Waals surface area contributed by atoms with Crippen molar-refractivity contribution < 1.29 is 19.1 Å². The molecule has 0 bridgehead atoms. The fourth-order valence-corrected chi connectivity index (χ4v) is 2.03. The number of carbonyl (C=O) groups is 2. The number of carbonyl (C=O) groups excluding carboxylic acids is 2. The van der Waals surface area contributed by atoms with Crippen LogP contribution in [0.25, 0.3) is 0 Å². The third kappa shape index (κ3) is 11.6. The molecule has 0 heterocycles. The summed E-state index contributed by atoms with van der Waals surface area (Å²) >= 11 is 0. The van der Waals surface area contributed by atoms with Gasteiger partial charge < -0.3 is 9.47 Å². The molecule has 0 saturated carbocycles. The molecule has 23 heavy (non-hydrogen) atoms. The Morgan fingerprint density at radius 2 is 1.17 bits per heavy atom. The summed E-state index contributed by atoms with van der Waals surface area (Å²) < 4.78 is 10.3. The van der Waals surface area contributed by atoms with Crippen LogP contribution >= 0.6 is 0 Å². The van der Waals surface area contributed by atoms with Crippen LogP contribution in [0.5, 0.6) is 0 Å². The van der Waals surface area contributed by atoms with Gasteiger partial charge >= 0.3 is 11.9 Å². The number of unbranched alkanes of at least 4 members (excludes halogenated alkanes) is 7. The topological polar surface area (TPSA) is 52.6 Å². The van der Waals surface area contributed by atoms with Crippen molar-refractivity contribution in [3.05, 3.63) is 24.3 Å². The van der Waals surface area contributed by atoms with Crippen molar-refractivity contribution in [1.82, 2.24) is 0 Å². The average Bonchev–Trinajstić information content (AvgIpc) is 2.49. The molecule has 0 spiro atoms. The van der Waals surface area contributed by atoms with Crippen LogP contribution < -0.4 is 0 Å². The third-order valence-corrected chi connectivity index (χ3v) is 3.47. The van der Waals surface area contributed by atoms with Crippen molar-refractivity contribution in [1.29, 1.82) is 0 Å². The summed E-state index contributed by atoms with van der Waals surface area (Å²) in [6.07, 6.45) is 9.04. The zero-order chi connectivity index (χ0) is 17.7. The van der Waals surface area contributed by atoms with Crippen LogP contribution in [0.1, 0.15) is 78.6 Å². The highest BCUT2D eigenvalue weighted by molar-refractivity contribution is 5.88. The molecule has 0 fully saturated rings. The van der Waals surface area contributed by atoms with Gasteiger partial charge in [0.2, 0.25) is 6.29 Å². The molecular formula is C19H32O4. The van der Waals surface area contributed by atoms with E-state index in [9.17, 15) is 9.59 Å². The summed E-state index contributed by atoms with van der Waals surface area (Å²) in [6.45, 7) is 12.4. The van der Waals surface area contributed by atoms with Gasteiger partial charge in [0.15, 0.2) is 0 Å². The monoisotopic (exact) mass is 324 g/mol. The Kier molecular flexibility index (Phi) is 12.0. The molecule has 0 aromatic rings. The standard InChI is InChI=1S/C19H32O4/c1-6-7-8-9-10-11-12-13-14-17(22-18(20)15(2)3)23-19(21)16(4)5/h17H,2,4,6-14H2,1,3,5H3. The molecule has 0 N–H and O–H groups in total. The first-order valence-electron chi connectivity index (χ1n) is 8.61. The smallest absolute Gasteiger partial charge is 0.336 e. The lowest BCUT2D eigenvalue weighted by molar-refractivity contribution is -0.183. The highest BCUT2D eigenvalue weighted by Crippen LogP contribution is 2.14. The Bertz CT molecular complexity index is 370. The van der Waals surface area contributed by atoms with Gasteiger partial charge in [-0.05, 0) is 20.3 Å². The van der Waals surface area contributed by atoms with Crippen LogP contribution in [-0.2, 0) is 19.1 Å². The second-order valence-corrected chi connectivity index (χ2v) is 6.06. The van der Waals surface area contributed by atoms with E-state index in [1.165, 1.54) is 32.1 Å². The van der Waals surface area contributed by atoms with Crippen LogP contribution in [0.4, 0.5) is 0 Å². The Morgan fingerprint density at radius 3 is 1.57 bits per heavy atom. The van der Waals surface area contributed by atoms with Crippen LogP contribution in [0.15, 0.2) is 24.3 Å². The summed E-state index contributed by atoms with van der Waals surface area (Å²) in [5.41, 5.74) is 0.578. The fourth-order valence-electron chi connectivity index (χ4n) is 2.03. The molecule has 0 amide bonds. The average molecular weight is 324 g/mol. The van der Waals surface area contributed by atoms with Gasteiger partial charge in [0, 0.05) is 17.6 Å². The molecule has 132 valence electrons. The van der Waals surface area contributed by atoms with E-state index in [0.29, 0.717) is 6.42 Å². The first-order chi connectivity index (χ1) is 10.9. The highest BCUT2D eigenvalue weighted by atomic mass is 16.7. The largest absolute Gasteiger partial charge is 0.422 e. The summed E-state index contributed by atoms with van der Waals surface area (Å²) in [5.74, 6) is -1.08. The van der Waals surface area contributed by atoms with Gasteiger partial charge in [-0.15, -0.1) is 0 Å². The lowest BCUT2D eigenvalue weighted by Crippen LogP contribution is -2.25. The summed E-state index contributed by atoms with van der Waals surface area (Å²) in [4.78, 5) is 23.2. The zero-order valence-electron chi connectivity index (χ0n) is 15.0. The van der Waals surface area contributed by atoms with Crippen LogP contribution in [0.2, 0.25) is 0 Å². The molecule has 0 aliphatic rings. The van der Waals surface area contributed by atoms with Gasteiger partial charge in [-0.2, -0.15) is 0 Å². The molecule has 4 heteroatoms. The molecule has 0 saturated heterocycles. The highest BCUT2D eigenvalue weighted by Gasteiger charge is 2.19. The molecular weight excluding hydrogens is 292 g/mol. The molecule has 0 rings (SSSR count). The first kappa shape index (κ1) is 21.4. The van der Waals surface area contributed by atoms with Crippen LogP contribution in [0, 0.1) is 0 Å². The predicted octanol–water partition coefficient (Wildman–Crippen LogP) is 5.08.